The molecule has 0 bridgehead atoms. The third-order valence-electron chi connectivity index (χ3n) is 1.90. The van der Waals surface area contributed by atoms with Crippen molar-refractivity contribution in [3.05, 3.63) is 35.4 Å². The van der Waals surface area contributed by atoms with E-state index in [1.54, 1.807) is 0 Å². The molecule has 0 fully saturated rings. The molecule has 0 spiro atoms. The molecule has 3 heteroatoms. The van der Waals surface area contributed by atoms with Gasteiger partial charge in [-0.3, -0.25) is 0 Å². The number of aliphatic hydroxyl groups excluding tert-OH is 1. The molecule has 0 aliphatic heterocycles. The van der Waals surface area contributed by atoms with E-state index in [9.17, 15) is 13.9 Å². The summed E-state index contributed by atoms with van der Waals surface area (Å²) in [4.78, 5) is 0. The van der Waals surface area contributed by atoms with Gasteiger partial charge in [0.25, 0.3) is 0 Å². The molecule has 1 rings (SSSR count). The van der Waals surface area contributed by atoms with Gasteiger partial charge in [0.2, 0.25) is 0 Å². The number of halogens is 2. The van der Waals surface area contributed by atoms with Crippen LogP contribution < -0.4 is 0 Å². The van der Waals surface area contributed by atoms with E-state index in [1.807, 2.05) is 0 Å². The van der Waals surface area contributed by atoms with Gasteiger partial charge in [-0.15, -0.1) is 12.3 Å². The zero-order valence-corrected chi connectivity index (χ0v) is 7.50. The summed E-state index contributed by atoms with van der Waals surface area (Å²) < 4.78 is 26.2. The number of hydrogen-bond acceptors (Lipinski definition) is 1. The Hall–Kier alpha value is -1.40. The predicted octanol–water partition coefficient (Wildman–Crippen LogP) is 2.41. The Kier molecular flexibility index (Phi) is 3.61. The fraction of sp³-hybridized carbons (Fsp3) is 0.273. The minimum Gasteiger partial charge on any atom is -0.388 e. The third kappa shape index (κ3) is 2.30. The Bertz CT molecular complexity index is 335. The van der Waals surface area contributed by atoms with Crippen LogP contribution in [-0.4, -0.2) is 5.11 Å². The molecule has 0 saturated heterocycles. The van der Waals surface area contributed by atoms with E-state index < -0.39 is 17.7 Å². The molecule has 74 valence electrons. The molecule has 0 saturated carbocycles. The monoisotopic (exact) mass is 196 g/mol. The zero-order valence-electron chi connectivity index (χ0n) is 7.50. The summed E-state index contributed by atoms with van der Waals surface area (Å²) in [5, 5.41) is 9.44. The molecular formula is C11H10F2O. The van der Waals surface area contributed by atoms with Crippen LogP contribution in [0.2, 0.25) is 0 Å². The fourth-order valence-electron chi connectivity index (χ4n) is 1.19. The smallest absolute Gasteiger partial charge is 0.131 e. The average Bonchev–Trinajstić information content (AvgIpc) is 2.14. The van der Waals surface area contributed by atoms with Crippen molar-refractivity contribution in [3.63, 3.8) is 0 Å². The molecule has 1 N–H and O–H groups in total. The van der Waals surface area contributed by atoms with Gasteiger partial charge in [-0.1, -0.05) is 6.07 Å². The quantitative estimate of drug-likeness (QED) is 0.736. The van der Waals surface area contributed by atoms with Crippen molar-refractivity contribution in [2.24, 2.45) is 0 Å². The Morgan fingerprint density at radius 3 is 2.43 bits per heavy atom. The van der Waals surface area contributed by atoms with Gasteiger partial charge in [-0.25, -0.2) is 8.78 Å². The van der Waals surface area contributed by atoms with Gasteiger partial charge in [-0.2, -0.15) is 0 Å². The number of terminal acetylenes is 1. The molecule has 1 atom stereocenters. The van der Waals surface area contributed by atoms with Gasteiger partial charge in [0, 0.05) is 6.42 Å². The van der Waals surface area contributed by atoms with E-state index in [4.69, 9.17) is 6.42 Å². The van der Waals surface area contributed by atoms with Crippen LogP contribution in [0, 0.1) is 24.0 Å². The van der Waals surface area contributed by atoms with Crippen LogP contribution in [0.15, 0.2) is 18.2 Å². The van der Waals surface area contributed by atoms with Crippen LogP contribution in [0.25, 0.3) is 0 Å². The number of rotatable bonds is 3. The van der Waals surface area contributed by atoms with Crippen molar-refractivity contribution >= 4 is 0 Å². The first-order valence-corrected chi connectivity index (χ1v) is 4.22. The maximum Gasteiger partial charge on any atom is 0.131 e. The molecule has 14 heavy (non-hydrogen) atoms. The first-order chi connectivity index (χ1) is 6.66. The maximum absolute atomic E-state index is 13.1. The Balaban J connectivity index is 2.89. The van der Waals surface area contributed by atoms with Crippen molar-refractivity contribution in [3.8, 4) is 12.3 Å². The van der Waals surface area contributed by atoms with Crippen LogP contribution in [0.4, 0.5) is 8.78 Å². The molecule has 1 unspecified atom stereocenters. The lowest BCUT2D eigenvalue weighted by Crippen LogP contribution is -2.03. The van der Waals surface area contributed by atoms with Gasteiger partial charge in [0.15, 0.2) is 0 Å². The molecule has 0 aliphatic rings. The maximum atomic E-state index is 13.1. The second-order valence-corrected chi connectivity index (χ2v) is 2.89. The Morgan fingerprint density at radius 2 is 1.93 bits per heavy atom. The highest BCUT2D eigenvalue weighted by atomic mass is 19.1. The lowest BCUT2D eigenvalue weighted by molar-refractivity contribution is 0.159. The van der Waals surface area contributed by atoms with Crippen LogP contribution in [0.3, 0.4) is 0 Å². The second-order valence-electron chi connectivity index (χ2n) is 2.89. The molecule has 1 aromatic rings. The summed E-state index contributed by atoms with van der Waals surface area (Å²) in [6.07, 6.45) is 4.26. The van der Waals surface area contributed by atoms with E-state index >= 15 is 0 Å². The first-order valence-electron chi connectivity index (χ1n) is 4.22. The normalized spacial score (nSPS) is 12.1. The van der Waals surface area contributed by atoms with Crippen LogP contribution >= 0.6 is 0 Å². The Morgan fingerprint density at radius 1 is 1.36 bits per heavy atom. The minimum absolute atomic E-state index is 0.161. The van der Waals surface area contributed by atoms with Gasteiger partial charge >= 0.3 is 0 Å². The summed E-state index contributed by atoms with van der Waals surface area (Å²) in [6.45, 7) is 0. The molecular weight excluding hydrogens is 186 g/mol. The van der Waals surface area contributed by atoms with Gasteiger partial charge in [0.1, 0.15) is 11.6 Å². The lowest BCUT2D eigenvalue weighted by Gasteiger charge is -2.10. The highest BCUT2D eigenvalue weighted by Crippen LogP contribution is 2.23. The highest BCUT2D eigenvalue weighted by Gasteiger charge is 2.16. The van der Waals surface area contributed by atoms with Crippen molar-refractivity contribution in [2.45, 2.75) is 18.9 Å². The summed E-state index contributed by atoms with van der Waals surface area (Å²) in [7, 11) is 0. The number of benzene rings is 1. The van der Waals surface area contributed by atoms with E-state index in [-0.39, 0.29) is 18.4 Å². The lowest BCUT2D eigenvalue weighted by atomic mass is 10.0. The number of hydrogen-bond donors (Lipinski definition) is 1. The molecule has 0 radical (unpaired) electrons. The third-order valence-corrected chi connectivity index (χ3v) is 1.90. The van der Waals surface area contributed by atoms with Crippen molar-refractivity contribution in [1.29, 1.82) is 0 Å². The SMILES string of the molecule is C#CCCC(O)c1c(F)cccc1F. The fourth-order valence-corrected chi connectivity index (χ4v) is 1.19. The Labute approximate surface area is 81.4 Å². The largest absolute Gasteiger partial charge is 0.388 e. The van der Waals surface area contributed by atoms with Gasteiger partial charge in [0.05, 0.1) is 11.7 Å². The zero-order chi connectivity index (χ0) is 10.6. The summed E-state index contributed by atoms with van der Waals surface area (Å²) in [5.74, 6) is 0.820. The average molecular weight is 196 g/mol. The molecule has 0 heterocycles. The standard InChI is InChI=1S/C11H10F2O/c1-2-3-7-10(14)11-8(12)5-4-6-9(11)13/h1,4-6,10,14H,3,7H2. The molecule has 0 aromatic heterocycles. The first kappa shape index (κ1) is 10.7. The van der Waals surface area contributed by atoms with Crippen molar-refractivity contribution < 1.29 is 13.9 Å². The van der Waals surface area contributed by atoms with Crippen LogP contribution in [0.1, 0.15) is 24.5 Å². The van der Waals surface area contributed by atoms with Crippen LogP contribution in [0.5, 0.6) is 0 Å². The van der Waals surface area contributed by atoms with E-state index in [2.05, 4.69) is 5.92 Å². The van der Waals surface area contributed by atoms with Crippen molar-refractivity contribution in [2.75, 3.05) is 0 Å². The van der Waals surface area contributed by atoms with Gasteiger partial charge < -0.3 is 5.11 Å². The van der Waals surface area contributed by atoms with Crippen LogP contribution in [-0.2, 0) is 0 Å². The summed E-state index contributed by atoms with van der Waals surface area (Å²) in [6, 6.07) is 3.47. The molecule has 0 aliphatic carbocycles. The molecule has 1 aromatic carbocycles. The molecule has 0 amide bonds. The highest BCUT2D eigenvalue weighted by molar-refractivity contribution is 5.22. The van der Waals surface area contributed by atoms with Gasteiger partial charge in [-0.05, 0) is 18.6 Å². The number of aliphatic hydroxyl groups is 1. The van der Waals surface area contributed by atoms with E-state index in [1.165, 1.54) is 6.07 Å². The summed E-state index contributed by atoms with van der Waals surface area (Å²) in [5.41, 5.74) is -0.303. The predicted molar refractivity (Wildman–Crippen MR) is 49.4 cm³/mol. The van der Waals surface area contributed by atoms with Crippen molar-refractivity contribution in [1.82, 2.24) is 0 Å². The van der Waals surface area contributed by atoms with E-state index in [0.717, 1.165) is 12.1 Å². The summed E-state index contributed by atoms with van der Waals surface area (Å²) >= 11 is 0. The van der Waals surface area contributed by atoms with E-state index in [0.29, 0.717) is 0 Å². The minimum atomic E-state index is -1.17. The second kappa shape index (κ2) is 4.73. The topological polar surface area (TPSA) is 20.2 Å². The molecule has 1 nitrogen and oxygen atoms in total.